The molecule has 0 spiro atoms. The highest BCUT2D eigenvalue weighted by Crippen LogP contribution is 2.27. The average molecular weight is 474 g/mol. The standard InChI is InChI=1S/C26H23N3O4S/c1-18(30)27-20-13-11-19(12-14-20)23-17-34-26(28-23)29-25(31)22-9-5-6-10-24(22)33-16-15-32-21-7-3-2-4-8-21/h2-14,17H,15-16H2,1H3,(H,27,30)(H,28,29,31). The number of aromatic nitrogens is 1. The van der Waals surface area contributed by atoms with Crippen LogP contribution < -0.4 is 20.1 Å². The Morgan fingerprint density at radius 3 is 2.32 bits per heavy atom. The number of nitrogens with one attached hydrogen (secondary N) is 2. The normalized spacial score (nSPS) is 10.4. The lowest BCUT2D eigenvalue weighted by Crippen LogP contribution is -2.15. The van der Waals surface area contributed by atoms with E-state index in [0.717, 1.165) is 17.0 Å². The van der Waals surface area contributed by atoms with Crippen LogP contribution in [0.25, 0.3) is 11.3 Å². The van der Waals surface area contributed by atoms with Crippen LogP contribution in [-0.4, -0.2) is 30.0 Å². The maximum absolute atomic E-state index is 12.9. The lowest BCUT2D eigenvalue weighted by Gasteiger charge is -2.11. The molecule has 34 heavy (non-hydrogen) atoms. The fraction of sp³-hybridized carbons (Fsp3) is 0.115. The van der Waals surface area contributed by atoms with Gasteiger partial charge in [-0.25, -0.2) is 4.98 Å². The van der Waals surface area contributed by atoms with E-state index in [1.807, 2.05) is 66.0 Å². The molecule has 3 aromatic carbocycles. The molecule has 8 heteroatoms. The maximum atomic E-state index is 12.9. The number of anilines is 2. The van der Waals surface area contributed by atoms with Gasteiger partial charge in [-0.05, 0) is 36.4 Å². The molecular formula is C26H23N3O4S. The zero-order valence-corrected chi connectivity index (χ0v) is 19.3. The molecule has 0 aliphatic carbocycles. The van der Waals surface area contributed by atoms with Crippen LogP contribution >= 0.6 is 11.3 Å². The van der Waals surface area contributed by atoms with Crippen LogP contribution in [0.1, 0.15) is 17.3 Å². The third-order valence-corrected chi connectivity index (χ3v) is 5.47. The predicted molar refractivity (Wildman–Crippen MR) is 134 cm³/mol. The Labute approximate surface area is 201 Å². The minimum atomic E-state index is -0.304. The van der Waals surface area contributed by atoms with E-state index in [1.54, 1.807) is 18.2 Å². The summed E-state index contributed by atoms with van der Waals surface area (Å²) in [5.41, 5.74) is 2.75. The summed E-state index contributed by atoms with van der Waals surface area (Å²) in [6.45, 7) is 2.12. The summed E-state index contributed by atoms with van der Waals surface area (Å²) in [5, 5.41) is 7.92. The molecule has 0 saturated heterocycles. The molecule has 0 aliphatic heterocycles. The number of ether oxygens (including phenoxy) is 2. The quantitative estimate of drug-likeness (QED) is 0.314. The van der Waals surface area contributed by atoms with Gasteiger partial charge < -0.3 is 14.8 Å². The average Bonchev–Trinajstić information content (AvgIpc) is 3.31. The predicted octanol–water partition coefficient (Wildman–Crippen LogP) is 5.48. The summed E-state index contributed by atoms with van der Waals surface area (Å²) in [6, 6.07) is 23.9. The van der Waals surface area contributed by atoms with Crippen LogP contribution in [0, 0.1) is 0 Å². The Morgan fingerprint density at radius 1 is 0.853 bits per heavy atom. The molecule has 0 radical (unpaired) electrons. The zero-order valence-electron chi connectivity index (χ0n) is 18.5. The fourth-order valence-electron chi connectivity index (χ4n) is 3.16. The first kappa shape index (κ1) is 23.0. The van der Waals surface area contributed by atoms with E-state index < -0.39 is 0 Å². The van der Waals surface area contributed by atoms with E-state index in [1.165, 1.54) is 18.3 Å². The van der Waals surface area contributed by atoms with Crippen molar-refractivity contribution in [2.75, 3.05) is 23.8 Å². The topological polar surface area (TPSA) is 89.6 Å². The van der Waals surface area contributed by atoms with Crippen molar-refractivity contribution in [3.8, 4) is 22.8 Å². The van der Waals surface area contributed by atoms with Gasteiger partial charge in [-0.1, -0.05) is 42.5 Å². The van der Waals surface area contributed by atoms with Gasteiger partial charge in [-0.3, -0.25) is 14.9 Å². The van der Waals surface area contributed by atoms with Crippen molar-refractivity contribution in [2.45, 2.75) is 6.92 Å². The van der Waals surface area contributed by atoms with Crippen LogP contribution in [-0.2, 0) is 4.79 Å². The van der Waals surface area contributed by atoms with Crippen molar-refractivity contribution < 1.29 is 19.1 Å². The van der Waals surface area contributed by atoms with E-state index in [0.29, 0.717) is 35.3 Å². The van der Waals surface area contributed by atoms with Crippen LogP contribution in [0.5, 0.6) is 11.5 Å². The highest BCUT2D eigenvalue weighted by Gasteiger charge is 2.15. The molecule has 0 saturated carbocycles. The van der Waals surface area contributed by atoms with Gasteiger partial charge in [0.2, 0.25) is 5.91 Å². The molecule has 0 fully saturated rings. The highest BCUT2D eigenvalue weighted by molar-refractivity contribution is 7.14. The van der Waals surface area contributed by atoms with E-state index in [-0.39, 0.29) is 11.8 Å². The van der Waals surface area contributed by atoms with Gasteiger partial charge in [0.05, 0.1) is 11.3 Å². The molecule has 4 rings (SSSR count). The third kappa shape index (κ3) is 6.20. The second kappa shape index (κ2) is 11.1. The first-order chi connectivity index (χ1) is 16.6. The molecule has 0 bridgehead atoms. The fourth-order valence-corrected chi connectivity index (χ4v) is 3.88. The number of hydrogen-bond acceptors (Lipinski definition) is 6. The minimum absolute atomic E-state index is 0.126. The second-order valence-electron chi connectivity index (χ2n) is 7.26. The molecule has 1 aromatic heterocycles. The minimum Gasteiger partial charge on any atom is -0.490 e. The molecule has 0 unspecified atom stereocenters. The van der Waals surface area contributed by atoms with Gasteiger partial charge in [-0.15, -0.1) is 11.3 Å². The molecule has 0 atom stereocenters. The number of hydrogen-bond donors (Lipinski definition) is 2. The van der Waals surface area contributed by atoms with Crippen molar-refractivity contribution in [1.82, 2.24) is 4.98 Å². The molecule has 2 amide bonds. The van der Waals surface area contributed by atoms with Gasteiger partial charge in [0, 0.05) is 23.6 Å². The van der Waals surface area contributed by atoms with Crippen molar-refractivity contribution >= 4 is 34.0 Å². The van der Waals surface area contributed by atoms with Gasteiger partial charge in [-0.2, -0.15) is 0 Å². The van der Waals surface area contributed by atoms with Gasteiger partial charge >= 0.3 is 0 Å². The van der Waals surface area contributed by atoms with Crippen LogP contribution in [0.2, 0.25) is 0 Å². The van der Waals surface area contributed by atoms with Crippen LogP contribution in [0.15, 0.2) is 84.2 Å². The van der Waals surface area contributed by atoms with E-state index >= 15 is 0 Å². The first-order valence-electron chi connectivity index (χ1n) is 10.6. The highest BCUT2D eigenvalue weighted by atomic mass is 32.1. The summed E-state index contributed by atoms with van der Waals surface area (Å²) < 4.78 is 11.4. The molecule has 2 N–H and O–H groups in total. The summed E-state index contributed by atoms with van der Waals surface area (Å²) in [5.74, 6) is 0.810. The summed E-state index contributed by atoms with van der Waals surface area (Å²) in [4.78, 5) is 28.6. The van der Waals surface area contributed by atoms with Crippen LogP contribution in [0.3, 0.4) is 0 Å². The monoisotopic (exact) mass is 473 g/mol. The number of carbonyl (C=O) groups is 2. The van der Waals surface area contributed by atoms with Gasteiger partial charge in [0.15, 0.2) is 5.13 Å². The molecule has 172 valence electrons. The van der Waals surface area contributed by atoms with Gasteiger partial charge in [0.25, 0.3) is 5.91 Å². The van der Waals surface area contributed by atoms with Gasteiger partial charge in [0.1, 0.15) is 24.7 Å². The lowest BCUT2D eigenvalue weighted by atomic mass is 10.1. The number of carbonyl (C=O) groups excluding carboxylic acids is 2. The molecule has 1 heterocycles. The smallest absolute Gasteiger partial charge is 0.261 e. The number of rotatable bonds is 9. The second-order valence-corrected chi connectivity index (χ2v) is 8.11. The largest absolute Gasteiger partial charge is 0.490 e. The zero-order chi connectivity index (χ0) is 23.8. The number of amides is 2. The number of para-hydroxylation sites is 2. The van der Waals surface area contributed by atoms with Crippen LogP contribution in [0.4, 0.5) is 10.8 Å². The number of nitrogens with zero attached hydrogens (tertiary/aromatic N) is 1. The Hall–Kier alpha value is -4.17. The summed E-state index contributed by atoms with van der Waals surface area (Å²) >= 11 is 1.33. The SMILES string of the molecule is CC(=O)Nc1ccc(-c2csc(NC(=O)c3ccccc3OCCOc3ccccc3)n2)cc1. The van der Waals surface area contributed by atoms with Crippen molar-refractivity contribution in [3.63, 3.8) is 0 Å². The lowest BCUT2D eigenvalue weighted by molar-refractivity contribution is -0.114. The van der Waals surface area contributed by atoms with Crippen molar-refractivity contribution in [3.05, 3.63) is 89.8 Å². The number of thiazole rings is 1. The Bertz CT molecular complexity index is 1260. The third-order valence-electron chi connectivity index (χ3n) is 4.71. The molecule has 4 aromatic rings. The Morgan fingerprint density at radius 2 is 1.56 bits per heavy atom. The van der Waals surface area contributed by atoms with E-state index in [4.69, 9.17) is 9.47 Å². The van der Waals surface area contributed by atoms with Crippen molar-refractivity contribution in [2.24, 2.45) is 0 Å². The van der Waals surface area contributed by atoms with E-state index in [2.05, 4.69) is 15.6 Å². The molecule has 0 aliphatic rings. The summed E-state index contributed by atoms with van der Waals surface area (Å²) in [7, 11) is 0. The number of benzene rings is 3. The first-order valence-corrected chi connectivity index (χ1v) is 11.5. The Kier molecular flexibility index (Phi) is 7.52. The molecule has 7 nitrogen and oxygen atoms in total. The maximum Gasteiger partial charge on any atom is 0.261 e. The summed E-state index contributed by atoms with van der Waals surface area (Å²) in [6.07, 6.45) is 0. The molecular weight excluding hydrogens is 450 g/mol. The van der Waals surface area contributed by atoms with E-state index in [9.17, 15) is 9.59 Å². The van der Waals surface area contributed by atoms with Crippen molar-refractivity contribution in [1.29, 1.82) is 0 Å². The Balaban J connectivity index is 1.36.